The SMILES string of the molecule is CN1C(=O)/C(=C\c2cc(Br)c(OCc3ccccc3F)c(Br)c2)SC1=S. The van der Waals surface area contributed by atoms with Crippen molar-refractivity contribution in [1.29, 1.82) is 0 Å². The van der Waals surface area contributed by atoms with Crippen LogP contribution in [0.3, 0.4) is 0 Å². The van der Waals surface area contributed by atoms with E-state index in [4.69, 9.17) is 17.0 Å². The molecular formula is C18H12Br2FNO2S2. The van der Waals surface area contributed by atoms with E-state index in [2.05, 4.69) is 31.9 Å². The Labute approximate surface area is 176 Å². The van der Waals surface area contributed by atoms with Crippen LogP contribution in [0.5, 0.6) is 5.75 Å². The van der Waals surface area contributed by atoms with Crippen LogP contribution in [0.2, 0.25) is 0 Å². The highest BCUT2D eigenvalue weighted by Crippen LogP contribution is 2.38. The summed E-state index contributed by atoms with van der Waals surface area (Å²) in [4.78, 5) is 14.1. The molecule has 1 amide bonds. The maximum atomic E-state index is 13.7. The van der Waals surface area contributed by atoms with Gasteiger partial charge in [0.25, 0.3) is 5.91 Å². The summed E-state index contributed by atoms with van der Waals surface area (Å²) in [5, 5.41) is 0. The van der Waals surface area contributed by atoms with Crippen LogP contribution >= 0.6 is 55.8 Å². The second kappa shape index (κ2) is 8.21. The fraction of sp³-hybridized carbons (Fsp3) is 0.111. The topological polar surface area (TPSA) is 29.5 Å². The number of hydrogen-bond acceptors (Lipinski definition) is 4. The summed E-state index contributed by atoms with van der Waals surface area (Å²) in [5.74, 6) is 0.138. The van der Waals surface area contributed by atoms with Gasteiger partial charge in [-0.2, -0.15) is 0 Å². The van der Waals surface area contributed by atoms with Gasteiger partial charge in [0, 0.05) is 12.6 Å². The molecule has 0 bridgehead atoms. The quantitative estimate of drug-likeness (QED) is 0.381. The van der Waals surface area contributed by atoms with Crippen LogP contribution in [-0.2, 0) is 11.4 Å². The number of rotatable bonds is 4. The predicted molar refractivity (Wildman–Crippen MR) is 114 cm³/mol. The zero-order valence-corrected chi connectivity index (χ0v) is 18.3. The van der Waals surface area contributed by atoms with Crippen LogP contribution in [0.1, 0.15) is 11.1 Å². The molecule has 3 nitrogen and oxygen atoms in total. The maximum Gasteiger partial charge on any atom is 0.265 e. The van der Waals surface area contributed by atoms with Crippen molar-refractivity contribution in [3.63, 3.8) is 0 Å². The summed E-state index contributed by atoms with van der Waals surface area (Å²) in [5.41, 5.74) is 1.29. The Morgan fingerprint density at radius 2 is 1.92 bits per heavy atom. The van der Waals surface area contributed by atoms with E-state index < -0.39 is 0 Å². The Hall–Kier alpha value is -1.22. The number of amides is 1. The smallest absolute Gasteiger partial charge is 0.265 e. The zero-order valence-electron chi connectivity index (χ0n) is 13.5. The van der Waals surface area contributed by atoms with Gasteiger partial charge in [0.15, 0.2) is 0 Å². The third-order valence-electron chi connectivity index (χ3n) is 3.63. The van der Waals surface area contributed by atoms with Gasteiger partial charge in [0.1, 0.15) is 22.5 Å². The van der Waals surface area contributed by atoms with E-state index in [1.165, 1.54) is 22.7 Å². The largest absolute Gasteiger partial charge is 0.486 e. The van der Waals surface area contributed by atoms with Crippen molar-refractivity contribution in [2.45, 2.75) is 6.61 Å². The standard InChI is InChI=1S/C18H12Br2FNO2S2/c1-22-17(23)15(26-18(22)25)8-10-6-12(19)16(13(20)7-10)24-9-11-4-2-3-5-14(11)21/h2-8H,9H2,1H3/b15-8+. The molecule has 2 aromatic rings. The molecule has 134 valence electrons. The number of carbonyl (C=O) groups excluding carboxylic acids is 1. The van der Waals surface area contributed by atoms with Crippen LogP contribution in [0.25, 0.3) is 6.08 Å². The van der Waals surface area contributed by atoms with Gasteiger partial charge in [0.2, 0.25) is 0 Å². The number of benzene rings is 2. The highest BCUT2D eigenvalue weighted by molar-refractivity contribution is 9.11. The van der Waals surface area contributed by atoms with Gasteiger partial charge in [-0.15, -0.1) is 0 Å². The number of halogens is 3. The summed E-state index contributed by atoms with van der Waals surface area (Å²) < 4.78 is 21.4. The Kier molecular flexibility index (Phi) is 6.17. The molecule has 3 rings (SSSR count). The molecule has 0 radical (unpaired) electrons. The zero-order chi connectivity index (χ0) is 18.8. The van der Waals surface area contributed by atoms with Gasteiger partial charge in [-0.3, -0.25) is 9.69 Å². The highest BCUT2D eigenvalue weighted by atomic mass is 79.9. The van der Waals surface area contributed by atoms with Crippen LogP contribution in [0, 0.1) is 5.82 Å². The number of thioether (sulfide) groups is 1. The van der Waals surface area contributed by atoms with Crippen LogP contribution in [-0.4, -0.2) is 22.2 Å². The van der Waals surface area contributed by atoms with Crippen molar-refractivity contribution < 1.29 is 13.9 Å². The first-order chi connectivity index (χ1) is 12.4. The molecule has 0 spiro atoms. The van der Waals surface area contributed by atoms with Crippen molar-refractivity contribution in [2.75, 3.05) is 7.05 Å². The van der Waals surface area contributed by atoms with Gasteiger partial charge in [-0.25, -0.2) is 4.39 Å². The molecule has 0 unspecified atom stereocenters. The number of ether oxygens (including phenoxy) is 1. The Morgan fingerprint density at radius 3 is 2.50 bits per heavy atom. The van der Waals surface area contributed by atoms with Crippen molar-refractivity contribution >= 4 is 72.1 Å². The third kappa shape index (κ3) is 4.19. The second-order valence-corrected chi connectivity index (χ2v) is 8.82. The average molecular weight is 517 g/mol. The van der Waals surface area contributed by atoms with Crippen LogP contribution in [0.15, 0.2) is 50.2 Å². The molecule has 2 aromatic carbocycles. The van der Waals surface area contributed by atoms with Crippen molar-refractivity contribution in [3.05, 3.63) is 67.2 Å². The molecule has 0 atom stereocenters. The first kappa shape index (κ1) is 19.5. The summed E-state index contributed by atoms with van der Waals surface area (Å²) in [6.45, 7) is 0.109. The summed E-state index contributed by atoms with van der Waals surface area (Å²) in [6, 6.07) is 10.2. The van der Waals surface area contributed by atoms with Gasteiger partial charge in [-0.05, 0) is 61.7 Å². The third-order valence-corrected chi connectivity index (χ3v) is 6.30. The minimum absolute atomic E-state index is 0.109. The Balaban J connectivity index is 1.82. The summed E-state index contributed by atoms with van der Waals surface area (Å²) in [6.07, 6.45) is 1.78. The van der Waals surface area contributed by atoms with Crippen LogP contribution in [0.4, 0.5) is 4.39 Å². The molecule has 0 aliphatic carbocycles. The molecule has 8 heteroatoms. The maximum absolute atomic E-state index is 13.7. The Bertz CT molecular complexity index is 910. The van der Waals surface area contributed by atoms with Crippen molar-refractivity contribution in [2.24, 2.45) is 0 Å². The first-order valence-electron chi connectivity index (χ1n) is 7.43. The lowest BCUT2D eigenvalue weighted by atomic mass is 10.2. The van der Waals surface area contributed by atoms with E-state index in [9.17, 15) is 9.18 Å². The molecule has 1 aliphatic rings. The molecule has 0 aromatic heterocycles. The monoisotopic (exact) mass is 515 g/mol. The number of hydrogen-bond donors (Lipinski definition) is 0. The fourth-order valence-corrected chi connectivity index (χ4v) is 4.89. The second-order valence-electron chi connectivity index (χ2n) is 5.43. The van der Waals surface area contributed by atoms with Gasteiger partial charge < -0.3 is 4.74 Å². The van der Waals surface area contributed by atoms with Gasteiger partial charge in [-0.1, -0.05) is 42.2 Å². The Morgan fingerprint density at radius 1 is 1.27 bits per heavy atom. The van der Waals surface area contributed by atoms with Crippen molar-refractivity contribution in [3.8, 4) is 5.75 Å². The molecular weight excluding hydrogens is 505 g/mol. The minimum Gasteiger partial charge on any atom is -0.486 e. The average Bonchev–Trinajstić information content (AvgIpc) is 2.82. The van der Waals surface area contributed by atoms with Gasteiger partial charge >= 0.3 is 0 Å². The molecule has 1 aliphatic heterocycles. The van der Waals surface area contributed by atoms with E-state index in [1.807, 2.05) is 12.1 Å². The highest BCUT2D eigenvalue weighted by Gasteiger charge is 2.28. The van der Waals surface area contributed by atoms with E-state index in [1.54, 1.807) is 31.3 Å². The lowest BCUT2D eigenvalue weighted by molar-refractivity contribution is -0.121. The van der Waals surface area contributed by atoms with E-state index in [-0.39, 0.29) is 18.3 Å². The normalized spacial score (nSPS) is 15.8. The molecule has 0 saturated carbocycles. The molecule has 0 N–H and O–H groups in total. The molecule has 26 heavy (non-hydrogen) atoms. The van der Waals surface area contributed by atoms with Crippen molar-refractivity contribution in [1.82, 2.24) is 4.90 Å². The molecule has 1 saturated heterocycles. The summed E-state index contributed by atoms with van der Waals surface area (Å²) >= 11 is 13.3. The number of nitrogens with zero attached hydrogens (tertiary/aromatic N) is 1. The minimum atomic E-state index is -0.307. The lowest BCUT2D eigenvalue weighted by Gasteiger charge is -2.12. The lowest BCUT2D eigenvalue weighted by Crippen LogP contribution is -2.22. The number of likely N-dealkylation sites (N-methyl/N-ethyl adjacent to an activating group) is 1. The summed E-state index contributed by atoms with van der Waals surface area (Å²) in [7, 11) is 1.66. The van der Waals surface area contributed by atoms with E-state index in [0.29, 0.717) is 29.5 Å². The molecule has 1 heterocycles. The first-order valence-corrected chi connectivity index (χ1v) is 10.2. The fourth-order valence-electron chi connectivity index (χ4n) is 2.26. The number of carbonyl (C=O) groups is 1. The molecule has 1 fully saturated rings. The van der Waals surface area contributed by atoms with Gasteiger partial charge in [0.05, 0.1) is 13.9 Å². The van der Waals surface area contributed by atoms with Crippen LogP contribution < -0.4 is 4.74 Å². The predicted octanol–water partition coefficient (Wildman–Crippen LogP) is 5.76. The van der Waals surface area contributed by atoms with E-state index >= 15 is 0 Å². The van der Waals surface area contributed by atoms with E-state index in [0.717, 1.165) is 5.56 Å². The number of thiocarbonyl (C=S) groups is 1.